The molecule has 2 rings (SSSR count). The number of phenols is 1. The zero-order chi connectivity index (χ0) is 24.7. The van der Waals surface area contributed by atoms with Gasteiger partial charge in [0.25, 0.3) is 5.91 Å². The van der Waals surface area contributed by atoms with Crippen LogP contribution in [-0.2, 0) is 9.53 Å². The number of carboxylic acids is 1. The summed E-state index contributed by atoms with van der Waals surface area (Å²) in [7, 11) is 0. The van der Waals surface area contributed by atoms with Gasteiger partial charge in [-0.2, -0.15) is 0 Å². The van der Waals surface area contributed by atoms with Crippen molar-refractivity contribution in [2.75, 3.05) is 31.1 Å². The summed E-state index contributed by atoms with van der Waals surface area (Å²) in [6.07, 6.45) is -0.876. The second-order valence-corrected chi connectivity index (χ2v) is 7.49. The Morgan fingerprint density at radius 3 is 2.12 bits per heavy atom. The normalized spacial score (nSPS) is 10.5. The van der Waals surface area contributed by atoms with Crippen LogP contribution < -0.4 is 9.64 Å². The number of carboxylic acid groups (broad SMARTS) is 1. The Bertz CT molecular complexity index is 1020. The third kappa shape index (κ3) is 6.43. The van der Waals surface area contributed by atoms with E-state index in [1.807, 2.05) is 13.8 Å². The SMILES string of the molecule is CCOC(=O)N(CC(=O)O)c1cc(Cl)c(Oc2ccc(O)c(C(=O)N(CC)CC)c2)c(Cl)c1. The zero-order valence-corrected chi connectivity index (χ0v) is 19.8. The lowest BCUT2D eigenvalue weighted by molar-refractivity contribution is -0.135. The molecule has 0 heterocycles. The minimum Gasteiger partial charge on any atom is -0.507 e. The van der Waals surface area contributed by atoms with Gasteiger partial charge in [-0.15, -0.1) is 0 Å². The zero-order valence-electron chi connectivity index (χ0n) is 18.3. The molecule has 2 aromatic rings. The van der Waals surface area contributed by atoms with E-state index in [9.17, 15) is 19.5 Å². The molecule has 0 aliphatic carbocycles. The lowest BCUT2D eigenvalue weighted by Crippen LogP contribution is -2.36. The minimum atomic E-state index is -1.26. The van der Waals surface area contributed by atoms with Gasteiger partial charge in [-0.1, -0.05) is 23.2 Å². The maximum atomic E-state index is 12.7. The molecule has 0 radical (unpaired) electrons. The van der Waals surface area contributed by atoms with Crippen LogP contribution in [0.2, 0.25) is 10.0 Å². The van der Waals surface area contributed by atoms with Crippen molar-refractivity contribution >= 4 is 46.9 Å². The van der Waals surface area contributed by atoms with Crippen LogP contribution in [0.25, 0.3) is 0 Å². The lowest BCUT2D eigenvalue weighted by atomic mass is 10.1. The number of hydrogen-bond donors (Lipinski definition) is 2. The Morgan fingerprint density at radius 2 is 1.61 bits per heavy atom. The Hall–Kier alpha value is -3.17. The maximum Gasteiger partial charge on any atom is 0.414 e. The number of anilines is 1. The van der Waals surface area contributed by atoms with Gasteiger partial charge in [-0.25, -0.2) is 4.79 Å². The average molecular weight is 499 g/mol. The fourth-order valence-electron chi connectivity index (χ4n) is 2.95. The quantitative estimate of drug-likeness (QED) is 0.498. The van der Waals surface area contributed by atoms with E-state index in [4.69, 9.17) is 37.8 Å². The van der Waals surface area contributed by atoms with Crippen molar-refractivity contribution in [2.45, 2.75) is 20.8 Å². The van der Waals surface area contributed by atoms with Crippen molar-refractivity contribution < 1.29 is 34.1 Å². The number of phenolic OH excluding ortho intramolecular Hbond substituents is 1. The molecule has 2 aromatic carbocycles. The number of benzene rings is 2. The number of nitrogens with zero attached hydrogens (tertiary/aromatic N) is 2. The maximum absolute atomic E-state index is 12.7. The molecule has 0 unspecified atom stereocenters. The molecule has 0 fully saturated rings. The third-order valence-corrected chi connectivity index (χ3v) is 5.11. The Morgan fingerprint density at radius 1 is 1.00 bits per heavy atom. The van der Waals surface area contributed by atoms with Gasteiger partial charge in [-0.05, 0) is 51.1 Å². The monoisotopic (exact) mass is 498 g/mol. The number of hydrogen-bond acceptors (Lipinski definition) is 6. The van der Waals surface area contributed by atoms with Gasteiger partial charge in [0, 0.05) is 13.1 Å². The predicted molar refractivity (Wildman–Crippen MR) is 124 cm³/mol. The van der Waals surface area contributed by atoms with Gasteiger partial charge < -0.3 is 24.6 Å². The standard InChI is InChI=1S/C22H24Cl2N2O7/c1-4-25(5-2)21(30)15-11-14(7-8-18(15)27)33-20-16(23)9-13(10-17(20)24)26(12-19(28)29)22(31)32-6-3/h7-11,27H,4-6,12H2,1-3H3,(H,28,29). The van der Waals surface area contributed by atoms with Crippen molar-refractivity contribution in [3.05, 3.63) is 45.9 Å². The highest BCUT2D eigenvalue weighted by molar-refractivity contribution is 6.37. The molecule has 33 heavy (non-hydrogen) atoms. The number of carbonyl (C=O) groups is 3. The second kappa shape index (κ2) is 11.6. The molecule has 2 amide bonds. The summed E-state index contributed by atoms with van der Waals surface area (Å²) >= 11 is 12.6. The van der Waals surface area contributed by atoms with E-state index in [0.29, 0.717) is 13.1 Å². The van der Waals surface area contributed by atoms with Gasteiger partial charge in [-0.3, -0.25) is 14.5 Å². The lowest BCUT2D eigenvalue weighted by Gasteiger charge is -2.22. The fourth-order valence-corrected chi connectivity index (χ4v) is 3.50. The van der Waals surface area contributed by atoms with Crippen LogP contribution in [0.3, 0.4) is 0 Å². The van der Waals surface area contributed by atoms with Crippen LogP contribution in [0.1, 0.15) is 31.1 Å². The Balaban J connectivity index is 2.40. The summed E-state index contributed by atoms with van der Waals surface area (Å²) in [6.45, 7) is 5.55. The fraction of sp³-hybridized carbons (Fsp3) is 0.318. The largest absolute Gasteiger partial charge is 0.507 e. The number of ether oxygens (including phenoxy) is 2. The van der Waals surface area contributed by atoms with E-state index in [1.165, 1.54) is 30.3 Å². The summed E-state index contributed by atoms with van der Waals surface area (Å²) in [5.74, 6) is -1.62. The van der Waals surface area contributed by atoms with Crippen LogP contribution >= 0.6 is 23.2 Å². The number of carbonyl (C=O) groups excluding carboxylic acids is 2. The second-order valence-electron chi connectivity index (χ2n) is 6.68. The first-order chi connectivity index (χ1) is 15.6. The average Bonchev–Trinajstić information content (AvgIpc) is 2.76. The van der Waals surface area contributed by atoms with Crippen LogP contribution in [0.4, 0.5) is 10.5 Å². The van der Waals surface area contributed by atoms with E-state index in [-0.39, 0.29) is 51.1 Å². The molecule has 0 bridgehead atoms. The van der Waals surface area contributed by atoms with Crippen LogP contribution in [0, 0.1) is 0 Å². The molecule has 0 aromatic heterocycles. The van der Waals surface area contributed by atoms with E-state index in [1.54, 1.807) is 11.8 Å². The van der Waals surface area contributed by atoms with Gasteiger partial charge in [0.1, 0.15) is 18.0 Å². The van der Waals surface area contributed by atoms with Gasteiger partial charge >= 0.3 is 12.1 Å². The molecule has 9 nitrogen and oxygen atoms in total. The van der Waals surface area contributed by atoms with E-state index in [2.05, 4.69) is 0 Å². The topological polar surface area (TPSA) is 117 Å². The van der Waals surface area contributed by atoms with E-state index < -0.39 is 18.6 Å². The summed E-state index contributed by atoms with van der Waals surface area (Å²) in [6, 6.07) is 6.74. The smallest absolute Gasteiger partial charge is 0.414 e. The molecule has 178 valence electrons. The molecular formula is C22H24Cl2N2O7. The summed E-state index contributed by atoms with van der Waals surface area (Å²) in [5.41, 5.74) is 0.149. The third-order valence-electron chi connectivity index (χ3n) is 4.55. The highest BCUT2D eigenvalue weighted by Gasteiger charge is 2.23. The number of aliphatic carboxylic acids is 1. The number of aromatic hydroxyl groups is 1. The van der Waals surface area contributed by atoms with Crippen molar-refractivity contribution in [3.8, 4) is 17.2 Å². The molecule has 0 spiro atoms. The first-order valence-corrected chi connectivity index (χ1v) is 10.8. The van der Waals surface area contributed by atoms with Crippen LogP contribution in [0.15, 0.2) is 30.3 Å². The van der Waals surface area contributed by atoms with Gasteiger partial charge in [0.15, 0.2) is 5.75 Å². The molecule has 2 N–H and O–H groups in total. The first-order valence-electron chi connectivity index (χ1n) is 10.1. The predicted octanol–water partition coefficient (Wildman–Crippen LogP) is 5.02. The number of amides is 2. The van der Waals surface area contributed by atoms with Crippen LogP contribution in [-0.4, -0.2) is 59.3 Å². The van der Waals surface area contributed by atoms with E-state index in [0.717, 1.165) is 4.90 Å². The molecule has 0 saturated heterocycles. The number of rotatable bonds is 9. The molecule has 0 aliphatic heterocycles. The van der Waals surface area contributed by atoms with Gasteiger partial charge in [0.05, 0.1) is 27.9 Å². The Kier molecular flexibility index (Phi) is 9.19. The summed E-state index contributed by atoms with van der Waals surface area (Å²) in [5, 5.41) is 19.2. The van der Waals surface area contributed by atoms with Crippen molar-refractivity contribution in [1.82, 2.24) is 4.90 Å². The highest BCUT2D eigenvalue weighted by Crippen LogP contribution is 2.40. The van der Waals surface area contributed by atoms with Crippen molar-refractivity contribution in [3.63, 3.8) is 0 Å². The summed E-state index contributed by atoms with van der Waals surface area (Å²) in [4.78, 5) is 38.4. The summed E-state index contributed by atoms with van der Waals surface area (Å²) < 4.78 is 10.7. The molecule has 0 aliphatic rings. The first kappa shape index (κ1) is 26.1. The highest BCUT2D eigenvalue weighted by atomic mass is 35.5. The van der Waals surface area contributed by atoms with Crippen LogP contribution in [0.5, 0.6) is 17.2 Å². The minimum absolute atomic E-state index is 0.0121. The van der Waals surface area contributed by atoms with Crippen molar-refractivity contribution in [2.24, 2.45) is 0 Å². The van der Waals surface area contributed by atoms with Crippen molar-refractivity contribution in [1.29, 1.82) is 0 Å². The molecule has 0 atom stereocenters. The Labute approximate surface area is 201 Å². The van der Waals surface area contributed by atoms with E-state index >= 15 is 0 Å². The molecular weight excluding hydrogens is 475 g/mol. The molecule has 0 saturated carbocycles. The number of halogens is 2. The molecule has 11 heteroatoms. The van der Waals surface area contributed by atoms with Gasteiger partial charge in [0.2, 0.25) is 0 Å².